The summed E-state index contributed by atoms with van der Waals surface area (Å²) in [5.41, 5.74) is 0.688. The molecule has 0 spiro atoms. The van der Waals surface area contributed by atoms with Gasteiger partial charge in [-0.15, -0.1) is 0 Å². The SMILES string of the molecule is Cc1nc(N2CCOCC2)[nH]c(=O)c1CCC(=O)NC1CCCC(C(F)(F)F)C1. The second-order valence-corrected chi connectivity index (χ2v) is 7.72. The van der Waals surface area contributed by atoms with Gasteiger partial charge in [-0.1, -0.05) is 6.42 Å². The van der Waals surface area contributed by atoms with Gasteiger partial charge >= 0.3 is 6.18 Å². The van der Waals surface area contributed by atoms with Crippen molar-refractivity contribution in [3.63, 3.8) is 0 Å². The summed E-state index contributed by atoms with van der Waals surface area (Å²) in [4.78, 5) is 33.8. The second-order valence-electron chi connectivity index (χ2n) is 7.72. The third-order valence-electron chi connectivity index (χ3n) is 5.62. The predicted octanol–water partition coefficient (Wildman–Crippen LogP) is 2.08. The van der Waals surface area contributed by atoms with Gasteiger partial charge in [0.1, 0.15) is 0 Å². The molecule has 0 bridgehead atoms. The summed E-state index contributed by atoms with van der Waals surface area (Å²) in [6, 6.07) is -0.468. The molecule has 1 amide bonds. The van der Waals surface area contributed by atoms with Gasteiger partial charge in [-0.05, 0) is 32.6 Å². The summed E-state index contributed by atoms with van der Waals surface area (Å²) < 4.78 is 44.0. The lowest BCUT2D eigenvalue weighted by molar-refractivity contribution is -0.184. The molecule has 1 aromatic heterocycles. The van der Waals surface area contributed by atoms with Crippen molar-refractivity contribution in [1.29, 1.82) is 0 Å². The molecule has 3 rings (SSSR count). The molecule has 0 aromatic carbocycles. The van der Waals surface area contributed by atoms with E-state index in [1.54, 1.807) is 6.92 Å². The minimum absolute atomic E-state index is 0.0374. The van der Waals surface area contributed by atoms with Crippen LogP contribution in [0.1, 0.15) is 43.4 Å². The second kappa shape index (κ2) is 9.15. The topological polar surface area (TPSA) is 87.3 Å². The molecule has 1 saturated heterocycles. The Bertz CT molecular complexity index is 775. The zero-order valence-electron chi connectivity index (χ0n) is 16.5. The molecule has 2 heterocycles. The quantitative estimate of drug-likeness (QED) is 0.768. The van der Waals surface area contributed by atoms with Crippen LogP contribution in [0.4, 0.5) is 19.1 Å². The molecule has 1 saturated carbocycles. The van der Waals surface area contributed by atoms with Gasteiger partial charge < -0.3 is 15.0 Å². The largest absolute Gasteiger partial charge is 0.391 e. The highest BCUT2D eigenvalue weighted by Crippen LogP contribution is 2.37. The number of halogens is 3. The number of hydrogen-bond acceptors (Lipinski definition) is 5. The van der Waals surface area contributed by atoms with Crippen LogP contribution in [0.5, 0.6) is 0 Å². The third-order valence-corrected chi connectivity index (χ3v) is 5.62. The average Bonchev–Trinajstić information content (AvgIpc) is 2.67. The first-order valence-electron chi connectivity index (χ1n) is 10.0. The monoisotopic (exact) mass is 416 g/mol. The molecule has 10 heteroatoms. The van der Waals surface area contributed by atoms with Gasteiger partial charge in [0.15, 0.2) is 0 Å². The molecule has 2 atom stereocenters. The van der Waals surface area contributed by atoms with E-state index in [2.05, 4.69) is 15.3 Å². The van der Waals surface area contributed by atoms with Crippen LogP contribution in [0.3, 0.4) is 0 Å². The van der Waals surface area contributed by atoms with E-state index in [-0.39, 0.29) is 37.1 Å². The fourth-order valence-corrected chi connectivity index (χ4v) is 3.97. The Hall–Kier alpha value is -2.10. The van der Waals surface area contributed by atoms with Crippen molar-refractivity contribution in [1.82, 2.24) is 15.3 Å². The van der Waals surface area contributed by atoms with E-state index in [1.165, 1.54) is 0 Å². The molecule has 2 aliphatic rings. The van der Waals surface area contributed by atoms with Gasteiger partial charge in [-0.25, -0.2) is 4.98 Å². The number of aryl methyl sites for hydroxylation is 1. The van der Waals surface area contributed by atoms with Crippen LogP contribution in [-0.4, -0.2) is 54.4 Å². The Morgan fingerprint density at radius 2 is 2.03 bits per heavy atom. The molecule has 1 aromatic rings. The average molecular weight is 416 g/mol. The van der Waals surface area contributed by atoms with Gasteiger partial charge in [0.2, 0.25) is 11.9 Å². The number of ether oxygens (including phenoxy) is 1. The number of anilines is 1. The first kappa shape index (κ1) is 21.6. The highest BCUT2D eigenvalue weighted by atomic mass is 19.4. The molecule has 2 N–H and O–H groups in total. The highest BCUT2D eigenvalue weighted by molar-refractivity contribution is 5.76. The number of aromatic amines is 1. The predicted molar refractivity (Wildman–Crippen MR) is 101 cm³/mol. The molecule has 0 radical (unpaired) electrons. The molecule has 29 heavy (non-hydrogen) atoms. The first-order chi connectivity index (χ1) is 13.7. The zero-order chi connectivity index (χ0) is 21.0. The summed E-state index contributed by atoms with van der Waals surface area (Å²) in [5.74, 6) is -1.21. The first-order valence-corrected chi connectivity index (χ1v) is 10.0. The van der Waals surface area contributed by atoms with Crippen molar-refractivity contribution >= 4 is 11.9 Å². The van der Waals surface area contributed by atoms with Crippen molar-refractivity contribution in [2.75, 3.05) is 31.2 Å². The number of nitrogens with one attached hydrogen (secondary N) is 2. The summed E-state index contributed by atoms with van der Waals surface area (Å²) in [7, 11) is 0. The maximum Gasteiger partial charge on any atom is 0.391 e. The Morgan fingerprint density at radius 3 is 2.69 bits per heavy atom. The van der Waals surface area contributed by atoms with Gasteiger partial charge in [-0.2, -0.15) is 13.2 Å². The van der Waals surface area contributed by atoms with E-state index in [4.69, 9.17) is 4.74 Å². The number of amides is 1. The van der Waals surface area contributed by atoms with Crippen molar-refractivity contribution < 1.29 is 22.7 Å². The molecule has 162 valence electrons. The van der Waals surface area contributed by atoms with Crippen LogP contribution in [0.25, 0.3) is 0 Å². The Balaban J connectivity index is 1.55. The lowest BCUT2D eigenvalue weighted by Crippen LogP contribution is -2.41. The Kier molecular flexibility index (Phi) is 6.81. The van der Waals surface area contributed by atoms with Crippen LogP contribution in [-0.2, 0) is 16.0 Å². The van der Waals surface area contributed by atoms with Crippen LogP contribution < -0.4 is 15.8 Å². The smallest absolute Gasteiger partial charge is 0.378 e. The van der Waals surface area contributed by atoms with E-state index in [0.717, 1.165) is 0 Å². The molecular formula is C19H27F3N4O3. The standard InChI is InChI=1S/C19H27F3N4O3/c1-12-15(17(28)25-18(23-12)26-7-9-29-10-8-26)5-6-16(27)24-14-4-2-3-13(11-14)19(20,21)22/h13-14H,2-11H2,1H3,(H,24,27)(H,23,25,28). The summed E-state index contributed by atoms with van der Waals surface area (Å²) in [6.07, 6.45) is -2.96. The number of hydrogen-bond donors (Lipinski definition) is 2. The van der Waals surface area contributed by atoms with Gasteiger partial charge in [0, 0.05) is 36.8 Å². The number of carbonyl (C=O) groups is 1. The number of alkyl halides is 3. The Labute approximate surface area is 167 Å². The highest BCUT2D eigenvalue weighted by Gasteiger charge is 2.42. The number of aromatic nitrogens is 2. The van der Waals surface area contributed by atoms with E-state index < -0.39 is 18.1 Å². The van der Waals surface area contributed by atoms with Crippen LogP contribution in [0.15, 0.2) is 4.79 Å². The van der Waals surface area contributed by atoms with Crippen LogP contribution in [0, 0.1) is 12.8 Å². The molecule has 1 aliphatic heterocycles. The fourth-order valence-electron chi connectivity index (χ4n) is 3.97. The van der Waals surface area contributed by atoms with Crippen molar-refractivity contribution in [3.05, 3.63) is 21.6 Å². The van der Waals surface area contributed by atoms with Crippen molar-refractivity contribution in [2.45, 2.75) is 57.7 Å². The van der Waals surface area contributed by atoms with E-state index >= 15 is 0 Å². The third kappa shape index (κ3) is 5.71. The molecule has 2 unspecified atom stereocenters. The lowest BCUT2D eigenvalue weighted by atomic mass is 9.85. The zero-order valence-corrected chi connectivity index (χ0v) is 16.5. The van der Waals surface area contributed by atoms with Gasteiger partial charge in [-0.3, -0.25) is 14.6 Å². The number of carbonyl (C=O) groups excluding carboxylic acids is 1. The molecular weight excluding hydrogens is 389 g/mol. The number of nitrogens with zero attached hydrogens (tertiary/aromatic N) is 2. The summed E-state index contributed by atoms with van der Waals surface area (Å²) in [6.45, 7) is 4.15. The maximum absolute atomic E-state index is 12.9. The minimum Gasteiger partial charge on any atom is -0.378 e. The lowest BCUT2D eigenvalue weighted by Gasteiger charge is -2.31. The summed E-state index contributed by atoms with van der Waals surface area (Å²) >= 11 is 0. The molecule has 1 aliphatic carbocycles. The van der Waals surface area contributed by atoms with Crippen LogP contribution in [0.2, 0.25) is 0 Å². The van der Waals surface area contributed by atoms with Crippen molar-refractivity contribution in [2.24, 2.45) is 5.92 Å². The maximum atomic E-state index is 12.9. The fraction of sp³-hybridized carbons (Fsp3) is 0.737. The molecule has 7 nitrogen and oxygen atoms in total. The molecule has 2 fully saturated rings. The number of morpholine rings is 1. The van der Waals surface area contributed by atoms with Crippen LogP contribution >= 0.6 is 0 Å². The van der Waals surface area contributed by atoms with Crippen molar-refractivity contribution in [3.8, 4) is 0 Å². The Morgan fingerprint density at radius 1 is 1.31 bits per heavy atom. The van der Waals surface area contributed by atoms with Gasteiger partial charge in [0.05, 0.1) is 19.1 Å². The van der Waals surface area contributed by atoms with E-state index in [0.29, 0.717) is 56.4 Å². The van der Waals surface area contributed by atoms with Gasteiger partial charge in [0.25, 0.3) is 5.56 Å². The van der Waals surface area contributed by atoms with E-state index in [9.17, 15) is 22.8 Å². The number of H-pyrrole nitrogens is 1. The normalized spacial score (nSPS) is 23.1. The number of rotatable bonds is 5. The van der Waals surface area contributed by atoms with E-state index in [1.807, 2.05) is 4.90 Å². The minimum atomic E-state index is -4.22. The summed E-state index contributed by atoms with van der Waals surface area (Å²) in [5, 5.41) is 2.70.